The third-order valence-corrected chi connectivity index (χ3v) is 3.52. The highest BCUT2D eigenvalue weighted by atomic mass is 19.1. The van der Waals surface area contributed by atoms with Crippen LogP contribution in [0.4, 0.5) is 4.39 Å². The number of halogens is 1. The van der Waals surface area contributed by atoms with E-state index in [4.69, 9.17) is 4.42 Å². The maximum absolute atomic E-state index is 13.1. The zero-order chi connectivity index (χ0) is 16.2. The van der Waals surface area contributed by atoms with Crippen LogP contribution < -0.4 is 5.32 Å². The number of carbonyl (C=O) groups excluding carboxylic acids is 1. The van der Waals surface area contributed by atoms with E-state index in [0.717, 1.165) is 5.69 Å². The molecule has 1 amide bonds. The van der Waals surface area contributed by atoms with Crippen molar-refractivity contribution >= 4 is 5.91 Å². The number of hydrogen-bond acceptors (Lipinski definition) is 3. The molecule has 3 rings (SSSR count). The molecule has 0 aliphatic heterocycles. The van der Waals surface area contributed by atoms with Crippen LogP contribution in [0.25, 0.3) is 5.69 Å². The van der Waals surface area contributed by atoms with Crippen molar-refractivity contribution in [3.63, 3.8) is 0 Å². The molecule has 0 atom stereocenters. The average molecular weight is 313 g/mol. The summed E-state index contributed by atoms with van der Waals surface area (Å²) >= 11 is 0. The number of hydrogen-bond donors (Lipinski definition) is 1. The lowest BCUT2D eigenvalue weighted by atomic mass is 10.2. The molecule has 2 heterocycles. The molecule has 0 unspecified atom stereocenters. The number of nitrogens with one attached hydrogen (secondary N) is 1. The fourth-order valence-electron chi connectivity index (χ4n) is 2.38. The van der Waals surface area contributed by atoms with Crippen LogP contribution in [0, 0.1) is 5.82 Å². The van der Waals surface area contributed by atoms with Crippen molar-refractivity contribution in [3.8, 4) is 5.69 Å². The first-order chi connectivity index (χ1) is 11.2. The molecule has 1 N–H and O–H groups in total. The molecule has 23 heavy (non-hydrogen) atoms. The van der Waals surface area contributed by atoms with E-state index in [9.17, 15) is 9.18 Å². The highest BCUT2D eigenvalue weighted by Crippen LogP contribution is 2.16. The highest BCUT2D eigenvalue weighted by Gasteiger charge is 2.17. The molecular weight excluding hydrogens is 297 g/mol. The van der Waals surface area contributed by atoms with Gasteiger partial charge >= 0.3 is 0 Å². The van der Waals surface area contributed by atoms with Crippen LogP contribution in [-0.4, -0.2) is 15.7 Å². The Morgan fingerprint density at radius 2 is 2.09 bits per heavy atom. The van der Waals surface area contributed by atoms with Gasteiger partial charge in [0.1, 0.15) is 11.6 Å². The van der Waals surface area contributed by atoms with Gasteiger partial charge in [-0.2, -0.15) is 5.10 Å². The molecule has 0 saturated heterocycles. The summed E-state index contributed by atoms with van der Waals surface area (Å²) in [7, 11) is 0. The van der Waals surface area contributed by atoms with Gasteiger partial charge in [0.2, 0.25) is 0 Å². The van der Waals surface area contributed by atoms with Crippen LogP contribution in [0.2, 0.25) is 0 Å². The van der Waals surface area contributed by atoms with Crippen molar-refractivity contribution in [2.24, 2.45) is 0 Å². The van der Waals surface area contributed by atoms with Gasteiger partial charge in [-0.1, -0.05) is 6.92 Å². The fraction of sp³-hybridized carbons (Fsp3) is 0.176. The van der Waals surface area contributed by atoms with Gasteiger partial charge in [-0.3, -0.25) is 4.79 Å². The predicted octanol–water partition coefficient (Wildman–Crippen LogP) is 3.10. The van der Waals surface area contributed by atoms with E-state index in [1.807, 2.05) is 6.92 Å². The molecule has 118 valence electrons. The molecule has 0 aliphatic carbocycles. The fourth-order valence-corrected chi connectivity index (χ4v) is 2.38. The van der Waals surface area contributed by atoms with E-state index in [1.54, 1.807) is 35.2 Å². The van der Waals surface area contributed by atoms with Crippen molar-refractivity contribution in [2.75, 3.05) is 0 Å². The zero-order valence-electron chi connectivity index (χ0n) is 12.6. The Morgan fingerprint density at radius 1 is 1.30 bits per heavy atom. The molecule has 0 spiro atoms. The summed E-state index contributed by atoms with van der Waals surface area (Å²) in [5.74, 6) is 0.157. The normalized spacial score (nSPS) is 10.7. The molecule has 1 aromatic carbocycles. The van der Waals surface area contributed by atoms with Crippen molar-refractivity contribution in [1.82, 2.24) is 15.1 Å². The number of aromatic nitrogens is 2. The number of benzene rings is 1. The van der Waals surface area contributed by atoms with Crippen molar-refractivity contribution < 1.29 is 13.6 Å². The van der Waals surface area contributed by atoms with Crippen LogP contribution in [0.15, 0.2) is 53.3 Å². The minimum absolute atomic E-state index is 0.216. The summed E-state index contributed by atoms with van der Waals surface area (Å²) in [6, 6.07) is 9.56. The van der Waals surface area contributed by atoms with Gasteiger partial charge in [-0.05, 0) is 42.8 Å². The number of nitrogens with zero attached hydrogens (tertiary/aromatic N) is 2. The third kappa shape index (κ3) is 3.15. The van der Waals surface area contributed by atoms with Gasteiger partial charge in [0.25, 0.3) is 5.91 Å². The summed E-state index contributed by atoms with van der Waals surface area (Å²) in [6.07, 6.45) is 3.71. The Hall–Kier alpha value is -2.89. The minimum atomic E-state index is -0.310. The Bertz CT molecular complexity index is 792. The Labute approximate surface area is 132 Å². The lowest BCUT2D eigenvalue weighted by Crippen LogP contribution is -2.23. The van der Waals surface area contributed by atoms with E-state index in [2.05, 4.69) is 10.4 Å². The minimum Gasteiger partial charge on any atom is -0.467 e. The number of amides is 1. The summed E-state index contributed by atoms with van der Waals surface area (Å²) in [6.45, 7) is 2.26. The second-order valence-corrected chi connectivity index (χ2v) is 5.01. The maximum Gasteiger partial charge on any atom is 0.255 e. The number of carbonyl (C=O) groups is 1. The predicted molar refractivity (Wildman–Crippen MR) is 82.8 cm³/mol. The molecule has 2 aromatic heterocycles. The average Bonchev–Trinajstić information content (AvgIpc) is 3.22. The molecule has 3 aromatic rings. The third-order valence-electron chi connectivity index (χ3n) is 3.52. The van der Waals surface area contributed by atoms with Crippen LogP contribution in [0.3, 0.4) is 0 Å². The van der Waals surface area contributed by atoms with E-state index in [1.165, 1.54) is 18.3 Å². The summed E-state index contributed by atoms with van der Waals surface area (Å²) in [5, 5.41) is 7.07. The molecule has 0 fully saturated rings. The molecule has 0 bridgehead atoms. The first kappa shape index (κ1) is 15.0. The van der Waals surface area contributed by atoms with Gasteiger partial charge < -0.3 is 9.73 Å². The van der Waals surface area contributed by atoms with E-state index in [0.29, 0.717) is 30.0 Å². The van der Waals surface area contributed by atoms with Gasteiger partial charge in [-0.15, -0.1) is 0 Å². The van der Waals surface area contributed by atoms with Gasteiger partial charge in [-0.25, -0.2) is 9.07 Å². The molecule has 5 nitrogen and oxygen atoms in total. The quantitative estimate of drug-likeness (QED) is 0.787. The molecule has 6 heteroatoms. The second kappa shape index (κ2) is 6.48. The lowest BCUT2D eigenvalue weighted by molar-refractivity contribution is 0.0947. The second-order valence-electron chi connectivity index (χ2n) is 5.01. The van der Waals surface area contributed by atoms with Crippen LogP contribution in [0.5, 0.6) is 0 Å². The van der Waals surface area contributed by atoms with Gasteiger partial charge in [0.15, 0.2) is 0 Å². The summed E-state index contributed by atoms with van der Waals surface area (Å²) < 4.78 is 19.9. The van der Waals surface area contributed by atoms with Crippen LogP contribution in [0.1, 0.15) is 28.7 Å². The Morgan fingerprint density at radius 3 is 2.74 bits per heavy atom. The standard InChI is InChI=1S/C17H16FN3O2/c1-2-16-15(17(22)19-10-14-4-3-9-23-14)11-20-21(16)13-7-5-12(18)6-8-13/h3-9,11H,2,10H2,1H3,(H,19,22). The largest absolute Gasteiger partial charge is 0.467 e. The highest BCUT2D eigenvalue weighted by molar-refractivity contribution is 5.95. The van der Waals surface area contributed by atoms with Crippen molar-refractivity contribution in [2.45, 2.75) is 19.9 Å². The van der Waals surface area contributed by atoms with Crippen LogP contribution >= 0.6 is 0 Å². The monoisotopic (exact) mass is 313 g/mol. The van der Waals surface area contributed by atoms with E-state index >= 15 is 0 Å². The Balaban J connectivity index is 1.82. The van der Waals surface area contributed by atoms with Crippen molar-refractivity contribution in [3.05, 3.63) is 71.7 Å². The first-order valence-corrected chi connectivity index (χ1v) is 7.32. The molecule has 0 radical (unpaired) electrons. The molecular formula is C17H16FN3O2. The van der Waals surface area contributed by atoms with Crippen LogP contribution in [-0.2, 0) is 13.0 Å². The van der Waals surface area contributed by atoms with E-state index in [-0.39, 0.29) is 11.7 Å². The first-order valence-electron chi connectivity index (χ1n) is 7.32. The number of rotatable bonds is 5. The lowest BCUT2D eigenvalue weighted by Gasteiger charge is -2.08. The van der Waals surface area contributed by atoms with E-state index < -0.39 is 0 Å². The topological polar surface area (TPSA) is 60.1 Å². The Kier molecular flexibility index (Phi) is 4.23. The molecule has 0 saturated carbocycles. The summed E-state index contributed by atoms with van der Waals surface area (Å²) in [4.78, 5) is 12.4. The maximum atomic E-state index is 13.1. The smallest absolute Gasteiger partial charge is 0.255 e. The zero-order valence-corrected chi connectivity index (χ0v) is 12.6. The SMILES string of the molecule is CCc1c(C(=O)NCc2ccco2)cnn1-c1ccc(F)cc1. The number of furan rings is 1. The van der Waals surface area contributed by atoms with Gasteiger partial charge in [0, 0.05) is 0 Å². The van der Waals surface area contributed by atoms with Crippen molar-refractivity contribution in [1.29, 1.82) is 0 Å². The summed E-state index contributed by atoms with van der Waals surface area (Å²) in [5.41, 5.74) is 1.99. The van der Waals surface area contributed by atoms with Gasteiger partial charge in [0.05, 0.1) is 35.9 Å². The molecule has 0 aliphatic rings.